The monoisotopic (exact) mass is 244 g/mol. The van der Waals surface area contributed by atoms with Crippen LogP contribution >= 0.6 is 0 Å². The number of hydrogen-bond acceptors (Lipinski definition) is 2. The van der Waals surface area contributed by atoms with Gasteiger partial charge in [0, 0.05) is 5.56 Å². The normalized spacial score (nSPS) is 10.2. The summed E-state index contributed by atoms with van der Waals surface area (Å²) in [6.45, 7) is 1.75. The maximum Gasteiger partial charge on any atom is 0.196 e. The number of halogens is 1. The van der Waals surface area contributed by atoms with E-state index in [0.717, 1.165) is 0 Å². The van der Waals surface area contributed by atoms with Gasteiger partial charge in [-0.25, -0.2) is 4.39 Å². The van der Waals surface area contributed by atoms with Gasteiger partial charge in [0.05, 0.1) is 12.7 Å². The van der Waals surface area contributed by atoms with Crippen molar-refractivity contribution in [1.82, 2.24) is 0 Å². The summed E-state index contributed by atoms with van der Waals surface area (Å²) in [6, 6.07) is 11.2. The van der Waals surface area contributed by atoms with E-state index in [9.17, 15) is 9.18 Å². The zero-order valence-electron chi connectivity index (χ0n) is 10.2. The second-order valence-corrected chi connectivity index (χ2v) is 4.05. The van der Waals surface area contributed by atoms with Gasteiger partial charge in [0.2, 0.25) is 0 Å². The Morgan fingerprint density at radius 1 is 1.17 bits per heavy atom. The lowest BCUT2D eigenvalue weighted by atomic mass is 10.0. The van der Waals surface area contributed by atoms with Crippen molar-refractivity contribution < 1.29 is 13.9 Å². The zero-order valence-corrected chi connectivity index (χ0v) is 10.2. The molecule has 0 amide bonds. The molecular weight excluding hydrogens is 231 g/mol. The van der Waals surface area contributed by atoms with E-state index in [4.69, 9.17) is 4.74 Å². The van der Waals surface area contributed by atoms with Gasteiger partial charge in [0.15, 0.2) is 5.78 Å². The highest BCUT2D eigenvalue weighted by molar-refractivity contribution is 6.10. The number of ketones is 1. The van der Waals surface area contributed by atoms with Crippen molar-refractivity contribution in [3.05, 3.63) is 65.0 Å². The standard InChI is InChI=1S/C15H13FO2/c1-10-7-11(9-12(16)8-10)15(17)13-5-3-4-6-14(13)18-2/h3-9H,1-2H3. The molecule has 0 saturated carbocycles. The highest BCUT2D eigenvalue weighted by Crippen LogP contribution is 2.22. The summed E-state index contributed by atoms with van der Waals surface area (Å²) in [5.41, 5.74) is 1.48. The zero-order chi connectivity index (χ0) is 13.1. The largest absolute Gasteiger partial charge is 0.496 e. The summed E-state index contributed by atoms with van der Waals surface area (Å²) in [4.78, 5) is 12.3. The first-order valence-electron chi connectivity index (χ1n) is 5.56. The molecule has 0 heterocycles. The van der Waals surface area contributed by atoms with Crippen molar-refractivity contribution in [2.75, 3.05) is 7.11 Å². The van der Waals surface area contributed by atoms with Crippen LogP contribution in [0, 0.1) is 12.7 Å². The highest BCUT2D eigenvalue weighted by Gasteiger charge is 2.14. The highest BCUT2D eigenvalue weighted by atomic mass is 19.1. The van der Waals surface area contributed by atoms with E-state index in [1.807, 2.05) is 0 Å². The molecule has 3 heteroatoms. The Hall–Kier alpha value is -2.16. The molecule has 0 fully saturated rings. The minimum absolute atomic E-state index is 0.241. The summed E-state index contributed by atoms with van der Waals surface area (Å²) >= 11 is 0. The van der Waals surface area contributed by atoms with Gasteiger partial charge < -0.3 is 4.74 Å². The molecule has 0 aromatic heterocycles. The third-order valence-corrected chi connectivity index (χ3v) is 2.66. The van der Waals surface area contributed by atoms with Gasteiger partial charge in [-0.3, -0.25) is 4.79 Å². The molecule has 2 aromatic rings. The third-order valence-electron chi connectivity index (χ3n) is 2.66. The van der Waals surface area contributed by atoms with Gasteiger partial charge in [-0.2, -0.15) is 0 Å². The second-order valence-electron chi connectivity index (χ2n) is 4.05. The quantitative estimate of drug-likeness (QED) is 0.774. The van der Waals surface area contributed by atoms with Gasteiger partial charge in [-0.1, -0.05) is 12.1 Å². The molecule has 0 aliphatic heterocycles. The lowest BCUT2D eigenvalue weighted by Gasteiger charge is -2.07. The van der Waals surface area contributed by atoms with Gasteiger partial charge >= 0.3 is 0 Å². The lowest BCUT2D eigenvalue weighted by Crippen LogP contribution is -2.04. The van der Waals surface area contributed by atoms with Gasteiger partial charge in [0.1, 0.15) is 11.6 Å². The molecule has 2 nitrogen and oxygen atoms in total. The minimum atomic E-state index is -0.409. The Kier molecular flexibility index (Phi) is 3.42. The van der Waals surface area contributed by atoms with E-state index in [-0.39, 0.29) is 5.78 Å². The molecular formula is C15H13FO2. The van der Waals surface area contributed by atoms with Crippen LogP contribution in [0.15, 0.2) is 42.5 Å². The van der Waals surface area contributed by atoms with Crippen LogP contribution in [0.5, 0.6) is 5.75 Å². The second kappa shape index (κ2) is 5.00. The molecule has 18 heavy (non-hydrogen) atoms. The predicted molar refractivity (Wildman–Crippen MR) is 67.6 cm³/mol. The summed E-state index contributed by atoms with van der Waals surface area (Å²) in [7, 11) is 1.50. The first-order valence-corrected chi connectivity index (χ1v) is 5.56. The Morgan fingerprint density at radius 2 is 1.89 bits per heavy atom. The van der Waals surface area contributed by atoms with Crippen molar-refractivity contribution in [2.45, 2.75) is 6.92 Å². The summed E-state index contributed by atoms with van der Waals surface area (Å²) in [5.74, 6) is -0.160. The van der Waals surface area contributed by atoms with E-state index in [1.54, 1.807) is 37.3 Å². The number of ether oxygens (including phenoxy) is 1. The number of methoxy groups -OCH3 is 1. The average Bonchev–Trinajstić information content (AvgIpc) is 2.36. The van der Waals surface area contributed by atoms with Crippen molar-refractivity contribution >= 4 is 5.78 Å². The summed E-state index contributed by atoms with van der Waals surface area (Å²) in [6.07, 6.45) is 0. The molecule has 0 aliphatic rings. The first-order chi connectivity index (χ1) is 8.61. The number of carbonyl (C=O) groups excluding carboxylic acids is 1. The van der Waals surface area contributed by atoms with Crippen molar-refractivity contribution in [2.24, 2.45) is 0 Å². The number of para-hydroxylation sites is 1. The predicted octanol–water partition coefficient (Wildman–Crippen LogP) is 3.37. The van der Waals surface area contributed by atoms with Crippen LogP contribution in [-0.4, -0.2) is 12.9 Å². The van der Waals surface area contributed by atoms with Crippen LogP contribution in [0.4, 0.5) is 4.39 Å². The molecule has 0 aliphatic carbocycles. The maximum atomic E-state index is 13.3. The number of hydrogen-bond donors (Lipinski definition) is 0. The van der Waals surface area contributed by atoms with Crippen LogP contribution in [0.2, 0.25) is 0 Å². The van der Waals surface area contributed by atoms with Crippen LogP contribution in [0.25, 0.3) is 0 Å². The topological polar surface area (TPSA) is 26.3 Å². The number of rotatable bonds is 3. The first kappa shape index (κ1) is 12.3. The van der Waals surface area contributed by atoms with E-state index in [1.165, 1.54) is 19.2 Å². The Morgan fingerprint density at radius 3 is 2.56 bits per heavy atom. The third kappa shape index (κ3) is 2.40. The molecule has 2 rings (SSSR count). The van der Waals surface area contributed by atoms with Gasteiger partial charge in [0.25, 0.3) is 0 Å². The smallest absolute Gasteiger partial charge is 0.196 e. The average molecular weight is 244 g/mol. The molecule has 0 N–H and O–H groups in total. The van der Waals surface area contributed by atoms with Crippen LogP contribution in [-0.2, 0) is 0 Å². The molecule has 92 valence electrons. The Labute approximate surface area is 105 Å². The van der Waals surface area contributed by atoms with E-state index in [0.29, 0.717) is 22.4 Å². The van der Waals surface area contributed by atoms with Crippen molar-refractivity contribution in [3.8, 4) is 5.75 Å². The Bertz CT molecular complexity index is 571. The summed E-state index contributed by atoms with van der Waals surface area (Å²) < 4.78 is 18.4. The molecule has 0 bridgehead atoms. The van der Waals surface area contributed by atoms with Crippen LogP contribution in [0.3, 0.4) is 0 Å². The Balaban J connectivity index is 2.47. The van der Waals surface area contributed by atoms with Gasteiger partial charge in [-0.15, -0.1) is 0 Å². The number of carbonyl (C=O) groups is 1. The van der Waals surface area contributed by atoms with Gasteiger partial charge in [-0.05, 0) is 42.8 Å². The van der Waals surface area contributed by atoms with Crippen molar-refractivity contribution in [3.63, 3.8) is 0 Å². The SMILES string of the molecule is COc1ccccc1C(=O)c1cc(C)cc(F)c1. The molecule has 0 spiro atoms. The van der Waals surface area contributed by atoms with E-state index in [2.05, 4.69) is 0 Å². The summed E-state index contributed by atoms with van der Waals surface area (Å²) in [5, 5.41) is 0. The van der Waals surface area contributed by atoms with Crippen LogP contribution < -0.4 is 4.74 Å². The maximum absolute atomic E-state index is 13.3. The fraction of sp³-hybridized carbons (Fsp3) is 0.133. The fourth-order valence-corrected chi connectivity index (χ4v) is 1.86. The number of aryl methyl sites for hydroxylation is 1. The van der Waals surface area contributed by atoms with Crippen LogP contribution in [0.1, 0.15) is 21.5 Å². The van der Waals surface area contributed by atoms with E-state index >= 15 is 0 Å². The molecule has 0 saturated heterocycles. The molecule has 0 radical (unpaired) electrons. The molecule has 2 aromatic carbocycles. The van der Waals surface area contributed by atoms with E-state index < -0.39 is 5.82 Å². The number of benzene rings is 2. The molecule has 0 unspecified atom stereocenters. The minimum Gasteiger partial charge on any atom is -0.496 e. The molecule has 0 atom stereocenters. The lowest BCUT2D eigenvalue weighted by molar-refractivity contribution is 0.103. The fourth-order valence-electron chi connectivity index (χ4n) is 1.86. The van der Waals surface area contributed by atoms with Crippen molar-refractivity contribution in [1.29, 1.82) is 0 Å².